The topological polar surface area (TPSA) is 89.8 Å². The van der Waals surface area contributed by atoms with E-state index in [-0.39, 0.29) is 23.6 Å². The second kappa shape index (κ2) is 4.87. The summed E-state index contributed by atoms with van der Waals surface area (Å²) in [5.74, 6) is 0.548. The SMILES string of the molecule is CC(Nc1cc(N)nc(N)n1)c1ccccc1F. The molecule has 18 heavy (non-hydrogen) atoms. The van der Waals surface area contributed by atoms with E-state index in [1.165, 1.54) is 6.07 Å². The molecule has 5 nitrogen and oxygen atoms in total. The van der Waals surface area contributed by atoms with Crippen LogP contribution in [-0.4, -0.2) is 9.97 Å². The van der Waals surface area contributed by atoms with Crippen LogP contribution in [0.15, 0.2) is 30.3 Å². The van der Waals surface area contributed by atoms with E-state index in [1.807, 2.05) is 6.92 Å². The van der Waals surface area contributed by atoms with Crippen LogP contribution in [0.25, 0.3) is 0 Å². The summed E-state index contributed by atoms with van der Waals surface area (Å²) in [6.45, 7) is 1.83. The number of rotatable bonds is 3. The first-order chi connectivity index (χ1) is 8.56. The number of anilines is 3. The molecule has 0 bridgehead atoms. The van der Waals surface area contributed by atoms with Crippen molar-refractivity contribution in [3.05, 3.63) is 41.7 Å². The van der Waals surface area contributed by atoms with Crippen LogP contribution in [0, 0.1) is 5.82 Å². The number of hydrogen-bond acceptors (Lipinski definition) is 5. The van der Waals surface area contributed by atoms with E-state index in [2.05, 4.69) is 15.3 Å². The Hall–Kier alpha value is -2.37. The number of nitrogens with one attached hydrogen (secondary N) is 1. The van der Waals surface area contributed by atoms with Crippen LogP contribution in [0.4, 0.5) is 22.0 Å². The summed E-state index contributed by atoms with van der Waals surface area (Å²) in [6.07, 6.45) is 0. The molecule has 5 N–H and O–H groups in total. The van der Waals surface area contributed by atoms with Crippen molar-refractivity contribution < 1.29 is 4.39 Å². The Kier molecular flexibility index (Phi) is 3.27. The first-order valence-corrected chi connectivity index (χ1v) is 5.47. The molecule has 0 saturated carbocycles. The zero-order valence-electron chi connectivity index (χ0n) is 9.89. The van der Waals surface area contributed by atoms with Crippen LogP contribution >= 0.6 is 0 Å². The molecular formula is C12H14FN5. The zero-order chi connectivity index (χ0) is 13.1. The van der Waals surface area contributed by atoms with Gasteiger partial charge in [-0.15, -0.1) is 0 Å². The lowest BCUT2D eigenvalue weighted by Crippen LogP contribution is -2.11. The Morgan fingerprint density at radius 2 is 1.94 bits per heavy atom. The highest BCUT2D eigenvalue weighted by Crippen LogP contribution is 2.21. The molecule has 1 heterocycles. The van der Waals surface area contributed by atoms with Gasteiger partial charge in [-0.05, 0) is 13.0 Å². The average Bonchev–Trinajstić information content (AvgIpc) is 2.27. The smallest absolute Gasteiger partial charge is 0.223 e. The zero-order valence-corrected chi connectivity index (χ0v) is 9.89. The van der Waals surface area contributed by atoms with Crippen molar-refractivity contribution >= 4 is 17.6 Å². The highest BCUT2D eigenvalue weighted by atomic mass is 19.1. The third kappa shape index (κ3) is 2.65. The second-order valence-electron chi connectivity index (χ2n) is 3.92. The molecule has 0 aliphatic carbocycles. The van der Waals surface area contributed by atoms with Gasteiger partial charge in [-0.25, -0.2) is 4.39 Å². The van der Waals surface area contributed by atoms with Gasteiger partial charge >= 0.3 is 0 Å². The summed E-state index contributed by atoms with van der Waals surface area (Å²) in [4.78, 5) is 7.74. The molecule has 0 aliphatic rings. The number of benzene rings is 1. The van der Waals surface area contributed by atoms with E-state index in [0.717, 1.165) is 0 Å². The highest BCUT2D eigenvalue weighted by Gasteiger charge is 2.11. The molecule has 1 unspecified atom stereocenters. The minimum absolute atomic E-state index is 0.0817. The monoisotopic (exact) mass is 247 g/mol. The van der Waals surface area contributed by atoms with Gasteiger partial charge in [0.15, 0.2) is 0 Å². The van der Waals surface area contributed by atoms with E-state index in [4.69, 9.17) is 11.5 Å². The fourth-order valence-electron chi connectivity index (χ4n) is 1.69. The molecule has 0 fully saturated rings. The standard InChI is InChI=1S/C12H14FN5/c1-7(8-4-2-3-5-9(8)13)16-11-6-10(14)17-12(15)18-11/h2-7H,1H3,(H5,14,15,16,17,18). The number of aromatic nitrogens is 2. The van der Waals surface area contributed by atoms with Crippen molar-refractivity contribution in [2.45, 2.75) is 13.0 Å². The molecule has 0 saturated heterocycles. The van der Waals surface area contributed by atoms with Crippen molar-refractivity contribution in [1.29, 1.82) is 0 Å². The lowest BCUT2D eigenvalue weighted by Gasteiger charge is -2.15. The van der Waals surface area contributed by atoms with Gasteiger partial charge in [-0.2, -0.15) is 9.97 Å². The molecule has 0 aliphatic heterocycles. The molecule has 6 heteroatoms. The van der Waals surface area contributed by atoms with E-state index in [0.29, 0.717) is 11.4 Å². The van der Waals surface area contributed by atoms with Crippen LogP contribution in [0.2, 0.25) is 0 Å². The summed E-state index contributed by atoms with van der Waals surface area (Å²) < 4.78 is 13.6. The van der Waals surface area contributed by atoms with Crippen molar-refractivity contribution in [1.82, 2.24) is 9.97 Å². The summed E-state index contributed by atoms with van der Waals surface area (Å²) in [5.41, 5.74) is 11.6. The van der Waals surface area contributed by atoms with Crippen molar-refractivity contribution in [3.8, 4) is 0 Å². The van der Waals surface area contributed by atoms with Crippen molar-refractivity contribution in [2.24, 2.45) is 0 Å². The number of halogens is 1. The van der Waals surface area contributed by atoms with Gasteiger partial charge in [0.05, 0.1) is 6.04 Å². The summed E-state index contributed by atoms with van der Waals surface area (Å²) in [6, 6.07) is 7.84. The molecule has 94 valence electrons. The number of hydrogen-bond donors (Lipinski definition) is 3. The van der Waals surface area contributed by atoms with Crippen LogP contribution in [0.1, 0.15) is 18.5 Å². The fraction of sp³-hybridized carbons (Fsp3) is 0.167. The molecule has 1 aromatic heterocycles. The van der Waals surface area contributed by atoms with Crippen molar-refractivity contribution in [3.63, 3.8) is 0 Å². The van der Waals surface area contributed by atoms with Crippen LogP contribution < -0.4 is 16.8 Å². The van der Waals surface area contributed by atoms with Crippen LogP contribution in [0.3, 0.4) is 0 Å². The second-order valence-corrected chi connectivity index (χ2v) is 3.92. The quantitative estimate of drug-likeness (QED) is 0.771. The third-order valence-corrected chi connectivity index (χ3v) is 2.50. The lowest BCUT2D eigenvalue weighted by atomic mass is 10.1. The summed E-state index contributed by atoms with van der Waals surface area (Å²) in [7, 11) is 0. The van der Waals surface area contributed by atoms with Crippen molar-refractivity contribution in [2.75, 3.05) is 16.8 Å². The molecular weight excluding hydrogens is 233 g/mol. The molecule has 0 spiro atoms. The van der Waals surface area contributed by atoms with Gasteiger partial charge in [0.1, 0.15) is 17.5 Å². The Morgan fingerprint density at radius 1 is 1.22 bits per heavy atom. The maximum atomic E-state index is 13.6. The number of nitrogen functional groups attached to an aromatic ring is 2. The van der Waals surface area contributed by atoms with E-state index in [1.54, 1.807) is 24.3 Å². The maximum Gasteiger partial charge on any atom is 0.223 e. The first-order valence-electron chi connectivity index (χ1n) is 5.47. The lowest BCUT2D eigenvalue weighted by molar-refractivity contribution is 0.600. The molecule has 2 rings (SSSR count). The number of nitrogens with two attached hydrogens (primary N) is 2. The normalized spacial score (nSPS) is 12.1. The van der Waals surface area contributed by atoms with Crippen LogP contribution in [-0.2, 0) is 0 Å². The number of nitrogens with zero attached hydrogens (tertiary/aromatic N) is 2. The van der Waals surface area contributed by atoms with E-state index < -0.39 is 0 Å². The Bertz CT molecular complexity index is 538. The molecule has 0 amide bonds. The van der Waals surface area contributed by atoms with Gasteiger partial charge in [0.25, 0.3) is 0 Å². The Balaban J connectivity index is 2.21. The van der Waals surface area contributed by atoms with Gasteiger partial charge in [0.2, 0.25) is 5.95 Å². The fourth-order valence-corrected chi connectivity index (χ4v) is 1.69. The third-order valence-electron chi connectivity index (χ3n) is 2.50. The molecule has 0 radical (unpaired) electrons. The first kappa shape index (κ1) is 12.1. The van der Waals surface area contributed by atoms with Gasteiger partial charge in [-0.1, -0.05) is 18.2 Å². The van der Waals surface area contributed by atoms with E-state index >= 15 is 0 Å². The largest absolute Gasteiger partial charge is 0.383 e. The van der Waals surface area contributed by atoms with E-state index in [9.17, 15) is 4.39 Å². The maximum absolute atomic E-state index is 13.6. The molecule has 2 aromatic rings. The summed E-state index contributed by atoms with van der Waals surface area (Å²) >= 11 is 0. The highest BCUT2D eigenvalue weighted by molar-refractivity contribution is 5.49. The average molecular weight is 247 g/mol. The van der Waals surface area contributed by atoms with Gasteiger partial charge < -0.3 is 16.8 Å². The van der Waals surface area contributed by atoms with Crippen LogP contribution in [0.5, 0.6) is 0 Å². The Labute approximate surface area is 104 Å². The van der Waals surface area contributed by atoms with Gasteiger partial charge in [0, 0.05) is 11.6 Å². The minimum atomic E-state index is -0.271. The predicted molar refractivity (Wildman–Crippen MR) is 69.3 cm³/mol. The summed E-state index contributed by atoms with van der Waals surface area (Å²) in [5, 5.41) is 3.03. The molecule has 1 aromatic carbocycles. The van der Waals surface area contributed by atoms with Gasteiger partial charge in [-0.3, -0.25) is 0 Å². The molecule has 1 atom stereocenters. The Morgan fingerprint density at radius 3 is 2.61 bits per heavy atom. The predicted octanol–water partition coefficient (Wildman–Crippen LogP) is 1.95. The minimum Gasteiger partial charge on any atom is -0.383 e.